The first-order chi connectivity index (χ1) is 6.86. The Labute approximate surface area is 83.5 Å². The molecule has 2 rings (SSSR count). The zero-order chi connectivity index (χ0) is 9.80. The topological polar surface area (TPSA) is 41.1 Å². The Morgan fingerprint density at radius 1 is 1.36 bits per heavy atom. The summed E-state index contributed by atoms with van der Waals surface area (Å²) in [5.74, 6) is 0.0271. The molecule has 0 bridgehead atoms. The third-order valence-corrected chi connectivity index (χ3v) is 2.43. The first-order valence-electron chi connectivity index (χ1n) is 4.93. The number of hydrogen-bond acceptors (Lipinski definition) is 2. The Morgan fingerprint density at radius 3 is 2.79 bits per heavy atom. The molecule has 0 aromatic heterocycles. The molecule has 1 heterocycles. The van der Waals surface area contributed by atoms with Crippen LogP contribution >= 0.6 is 0 Å². The highest BCUT2D eigenvalue weighted by molar-refractivity contribution is 5.94. The van der Waals surface area contributed by atoms with Gasteiger partial charge in [0.2, 0.25) is 0 Å². The summed E-state index contributed by atoms with van der Waals surface area (Å²) in [5, 5.41) is 6.21. The monoisotopic (exact) mass is 190 g/mol. The van der Waals surface area contributed by atoms with Gasteiger partial charge in [-0.05, 0) is 25.1 Å². The maximum Gasteiger partial charge on any atom is 0.251 e. The summed E-state index contributed by atoms with van der Waals surface area (Å²) in [6.45, 7) is 1.89. The van der Waals surface area contributed by atoms with Crippen molar-refractivity contribution in [3.05, 3.63) is 35.9 Å². The second-order valence-corrected chi connectivity index (χ2v) is 3.53. The SMILES string of the molecule is O=C(NC1CCNC1)c1ccccc1. The van der Waals surface area contributed by atoms with Crippen molar-refractivity contribution in [1.82, 2.24) is 10.6 Å². The molecule has 0 saturated carbocycles. The van der Waals surface area contributed by atoms with Gasteiger partial charge < -0.3 is 10.6 Å². The number of carbonyl (C=O) groups is 1. The fraction of sp³-hybridized carbons (Fsp3) is 0.364. The van der Waals surface area contributed by atoms with Crippen molar-refractivity contribution in [3.8, 4) is 0 Å². The number of nitrogens with one attached hydrogen (secondary N) is 2. The van der Waals surface area contributed by atoms with E-state index in [1.807, 2.05) is 30.3 Å². The Hall–Kier alpha value is -1.35. The first-order valence-corrected chi connectivity index (χ1v) is 4.93. The number of carbonyl (C=O) groups excluding carboxylic acids is 1. The molecule has 14 heavy (non-hydrogen) atoms. The van der Waals surface area contributed by atoms with Gasteiger partial charge in [-0.3, -0.25) is 4.79 Å². The molecule has 74 valence electrons. The van der Waals surface area contributed by atoms with E-state index in [1.54, 1.807) is 0 Å². The fourth-order valence-electron chi connectivity index (χ4n) is 1.64. The van der Waals surface area contributed by atoms with Crippen molar-refractivity contribution in [1.29, 1.82) is 0 Å². The maximum absolute atomic E-state index is 11.7. The molecule has 1 aliphatic rings. The average Bonchev–Trinajstić information content (AvgIpc) is 2.72. The Morgan fingerprint density at radius 2 is 2.14 bits per heavy atom. The molecule has 3 heteroatoms. The Bertz CT molecular complexity index is 304. The van der Waals surface area contributed by atoms with Gasteiger partial charge >= 0.3 is 0 Å². The summed E-state index contributed by atoms with van der Waals surface area (Å²) in [5.41, 5.74) is 0.736. The van der Waals surface area contributed by atoms with Crippen LogP contribution in [0.5, 0.6) is 0 Å². The fourth-order valence-corrected chi connectivity index (χ4v) is 1.64. The number of amides is 1. The number of hydrogen-bond donors (Lipinski definition) is 2. The van der Waals surface area contributed by atoms with E-state index in [0.29, 0.717) is 6.04 Å². The molecule has 1 aromatic rings. The minimum Gasteiger partial charge on any atom is -0.348 e. The third kappa shape index (κ3) is 2.12. The molecule has 1 unspecified atom stereocenters. The van der Waals surface area contributed by atoms with Crippen LogP contribution in [0.3, 0.4) is 0 Å². The number of benzene rings is 1. The second-order valence-electron chi connectivity index (χ2n) is 3.53. The predicted octanol–water partition coefficient (Wildman–Crippen LogP) is 0.778. The molecule has 3 nitrogen and oxygen atoms in total. The predicted molar refractivity (Wildman–Crippen MR) is 55.2 cm³/mol. The van der Waals surface area contributed by atoms with Crippen LogP contribution in [0.1, 0.15) is 16.8 Å². The zero-order valence-electron chi connectivity index (χ0n) is 7.99. The summed E-state index contributed by atoms with van der Waals surface area (Å²) >= 11 is 0. The van der Waals surface area contributed by atoms with Gasteiger partial charge in [0.05, 0.1) is 0 Å². The van der Waals surface area contributed by atoms with Crippen molar-refractivity contribution in [3.63, 3.8) is 0 Å². The van der Waals surface area contributed by atoms with Crippen molar-refractivity contribution in [2.75, 3.05) is 13.1 Å². The van der Waals surface area contributed by atoms with Crippen LogP contribution in [0.15, 0.2) is 30.3 Å². The van der Waals surface area contributed by atoms with E-state index in [9.17, 15) is 4.79 Å². The molecule has 2 N–H and O–H groups in total. The van der Waals surface area contributed by atoms with Crippen LogP contribution < -0.4 is 10.6 Å². The van der Waals surface area contributed by atoms with E-state index in [2.05, 4.69) is 10.6 Å². The van der Waals surface area contributed by atoms with Crippen LogP contribution in [0.4, 0.5) is 0 Å². The van der Waals surface area contributed by atoms with Crippen LogP contribution in [0.2, 0.25) is 0 Å². The van der Waals surface area contributed by atoms with Gasteiger partial charge in [-0.1, -0.05) is 18.2 Å². The highest BCUT2D eigenvalue weighted by Gasteiger charge is 2.16. The van der Waals surface area contributed by atoms with Gasteiger partial charge in [-0.2, -0.15) is 0 Å². The molecule has 1 amide bonds. The largest absolute Gasteiger partial charge is 0.348 e. The normalized spacial score (nSPS) is 20.7. The van der Waals surface area contributed by atoms with Crippen LogP contribution in [0, 0.1) is 0 Å². The molecule has 1 fully saturated rings. The first kappa shape index (κ1) is 9.21. The lowest BCUT2D eigenvalue weighted by molar-refractivity contribution is 0.0940. The number of rotatable bonds is 2. The standard InChI is InChI=1S/C11H14N2O/c14-11(9-4-2-1-3-5-9)13-10-6-7-12-8-10/h1-5,10,12H,6-8H2,(H,13,14). The molecule has 1 aromatic carbocycles. The smallest absolute Gasteiger partial charge is 0.251 e. The lowest BCUT2D eigenvalue weighted by Crippen LogP contribution is -2.36. The van der Waals surface area contributed by atoms with Crippen molar-refractivity contribution in [2.45, 2.75) is 12.5 Å². The van der Waals surface area contributed by atoms with E-state index in [4.69, 9.17) is 0 Å². The van der Waals surface area contributed by atoms with E-state index in [-0.39, 0.29) is 5.91 Å². The van der Waals surface area contributed by atoms with Gasteiger partial charge in [-0.25, -0.2) is 0 Å². The lowest BCUT2D eigenvalue weighted by Gasteiger charge is -2.10. The van der Waals surface area contributed by atoms with E-state index < -0.39 is 0 Å². The second kappa shape index (κ2) is 4.24. The summed E-state index contributed by atoms with van der Waals surface area (Å²) in [7, 11) is 0. The summed E-state index contributed by atoms with van der Waals surface area (Å²) in [4.78, 5) is 11.7. The van der Waals surface area contributed by atoms with Gasteiger partial charge in [0.15, 0.2) is 0 Å². The molecular weight excluding hydrogens is 176 g/mol. The van der Waals surface area contributed by atoms with Crippen LogP contribution in [-0.2, 0) is 0 Å². The molecule has 0 aliphatic carbocycles. The Kier molecular flexibility index (Phi) is 2.79. The third-order valence-electron chi connectivity index (χ3n) is 2.43. The maximum atomic E-state index is 11.7. The minimum absolute atomic E-state index is 0.0271. The van der Waals surface area contributed by atoms with Crippen molar-refractivity contribution < 1.29 is 4.79 Å². The van der Waals surface area contributed by atoms with Gasteiger partial charge in [-0.15, -0.1) is 0 Å². The van der Waals surface area contributed by atoms with Gasteiger partial charge in [0.1, 0.15) is 0 Å². The average molecular weight is 190 g/mol. The quantitative estimate of drug-likeness (QED) is 0.723. The van der Waals surface area contributed by atoms with Crippen LogP contribution in [0.25, 0.3) is 0 Å². The van der Waals surface area contributed by atoms with E-state index >= 15 is 0 Å². The summed E-state index contributed by atoms with van der Waals surface area (Å²) in [6, 6.07) is 9.62. The molecule has 0 radical (unpaired) electrons. The summed E-state index contributed by atoms with van der Waals surface area (Å²) in [6.07, 6.45) is 1.03. The highest BCUT2D eigenvalue weighted by atomic mass is 16.1. The van der Waals surface area contributed by atoms with Crippen molar-refractivity contribution in [2.24, 2.45) is 0 Å². The van der Waals surface area contributed by atoms with Crippen molar-refractivity contribution >= 4 is 5.91 Å². The molecule has 0 spiro atoms. The zero-order valence-corrected chi connectivity index (χ0v) is 7.99. The summed E-state index contributed by atoms with van der Waals surface area (Å²) < 4.78 is 0. The molecular formula is C11H14N2O. The molecule has 1 aliphatic heterocycles. The molecule has 1 atom stereocenters. The van der Waals surface area contributed by atoms with Gasteiger partial charge in [0, 0.05) is 18.2 Å². The highest BCUT2D eigenvalue weighted by Crippen LogP contribution is 2.02. The molecule has 1 saturated heterocycles. The van der Waals surface area contributed by atoms with E-state index in [1.165, 1.54) is 0 Å². The lowest BCUT2D eigenvalue weighted by atomic mass is 10.2. The van der Waals surface area contributed by atoms with Gasteiger partial charge in [0.25, 0.3) is 5.91 Å². The van der Waals surface area contributed by atoms with E-state index in [0.717, 1.165) is 25.1 Å². The Balaban J connectivity index is 1.95. The minimum atomic E-state index is 0.0271. The van der Waals surface area contributed by atoms with Crippen LogP contribution in [-0.4, -0.2) is 25.0 Å².